The van der Waals surface area contributed by atoms with E-state index >= 15 is 0 Å². The first-order chi connectivity index (χ1) is 7.84. The minimum absolute atomic E-state index is 0.0603. The highest BCUT2D eigenvalue weighted by molar-refractivity contribution is 8.13. The quantitative estimate of drug-likeness (QED) is 0.633. The molecule has 4 nitrogen and oxygen atoms in total. The molecular weight excluding hydrogens is 287 g/mol. The maximum absolute atomic E-state index is 11.5. The lowest BCUT2D eigenvalue weighted by Crippen LogP contribution is -2.07. The first-order valence-electron chi connectivity index (χ1n) is 4.77. The van der Waals surface area contributed by atoms with E-state index < -0.39 is 15.0 Å². The largest absolute Gasteiger partial charge is 0.462 e. The minimum atomic E-state index is -3.92. The highest BCUT2D eigenvalue weighted by Crippen LogP contribution is 2.22. The van der Waals surface area contributed by atoms with Gasteiger partial charge in [0.2, 0.25) is 0 Å². The standard InChI is InChI=1S/C10H10Cl2O4S/c1-2-3-16-10(13)7-4-8(11)6-9(5-7)17(12,14)15/h4-6H,2-3H2,1H3. The zero-order valence-corrected chi connectivity index (χ0v) is 11.3. The van der Waals surface area contributed by atoms with Crippen molar-refractivity contribution in [2.75, 3.05) is 6.61 Å². The molecule has 0 atom stereocenters. The third-order valence-corrected chi connectivity index (χ3v) is 3.38. The van der Waals surface area contributed by atoms with Crippen LogP contribution in [0.5, 0.6) is 0 Å². The van der Waals surface area contributed by atoms with E-state index in [1.807, 2.05) is 6.92 Å². The second kappa shape index (κ2) is 5.71. The summed E-state index contributed by atoms with van der Waals surface area (Å²) in [5.74, 6) is -0.629. The van der Waals surface area contributed by atoms with Gasteiger partial charge in [0, 0.05) is 15.7 Å². The lowest BCUT2D eigenvalue weighted by molar-refractivity contribution is 0.0505. The molecule has 0 amide bonds. The van der Waals surface area contributed by atoms with E-state index in [0.717, 1.165) is 6.07 Å². The number of esters is 1. The van der Waals surface area contributed by atoms with Crippen LogP contribution in [0.15, 0.2) is 23.1 Å². The molecule has 0 N–H and O–H groups in total. The van der Waals surface area contributed by atoms with E-state index in [2.05, 4.69) is 0 Å². The molecule has 0 spiro atoms. The molecule has 0 saturated carbocycles. The monoisotopic (exact) mass is 296 g/mol. The number of carbonyl (C=O) groups excluding carboxylic acids is 1. The van der Waals surface area contributed by atoms with Crippen molar-refractivity contribution in [3.05, 3.63) is 28.8 Å². The van der Waals surface area contributed by atoms with Gasteiger partial charge in [0.25, 0.3) is 9.05 Å². The molecule has 0 radical (unpaired) electrons. The average molecular weight is 297 g/mol. The number of rotatable bonds is 4. The highest BCUT2D eigenvalue weighted by atomic mass is 35.7. The van der Waals surface area contributed by atoms with Gasteiger partial charge >= 0.3 is 5.97 Å². The van der Waals surface area contributed by atoms with E-state index in [4.69, 9.17) is 27.0 Å². The van der Waals surface area contributed by atoms with Gasteiger partial charge in [-0.2, -0.15) is 0 Å². The Kier molecular flexibility index (Phi) is 4.80. The Morgan fingerprint density at radius 2 is 2.00 bits per heavy atom. The Bertz CT molecular complexity index is 525. The molecule has 0 saturated heterocycles. The number of hydrogen-bond donors (Lipinski definition) is 0. The fraction of sp³-hybridized carbons (Fsp3) is 0.300. The van der Waals surface area contributed by atoms with Crippen molar-refractivity contribution in [3.63, 3.8) is 0 Å². The molecule has 0 aromatic heterocycles. The smallest absolute Gasteiger partial charge is 0.338 e. The van der Waals surface area contributed by atoms with Crippen LogP contribution in [0.4, 0.5) is 0 Å². The molecule has 0 unspecified atom stereocenters. The van der Waals surface area contributed by atoms with Gasteiger partial charge in [-0.15, -0.1) is 0 Å². The predicted octanol–water partition coefficient (Wildman–Crippen LogP) is 2.83. The molecule has 17 heavy (non-hydrogen) atoms. The van der Waals surface area contributed by atoms with Crippen LogP contribution in [0.1, 0.15) is 23.7 Å². The molecule has 1 aromatic rings. The molecule has 7 heteroatoms. The summed E-state index contributed by atoms with van der Waals surface area (Å²) in [5, 5.41) is 0.107. The van der Waals surface area contributed by atoms with E-state index in [1.165, 1.54) is 12.1 Å². The predicted molar refractivity (Wildman–Crippen MR) is 65.1 cm³/mol. The Hall–Kier alpha value is -0.780. The lowest BCUT2D eigenvalue weighted by atomic mass is 10.2. The normalized spacial score (nSPS) is 11.2. The zero-order chi connectivity index (χ0) is 13.1. The Balaban J connectivity index is 3.10. The summed E-state index contributed by atoms with van der Waals surface area (Å²) in [6.45, 7) is 2.11. The van der Waals surface area contributed by atoms with Crippen molar-refractivity contribution in [3.8, 4) is 0 Å². The first kappa shape index (κ1) is 14.3. The highest BCUT2D eigenvalue weighted by Gasteiger charge is 2.16. The summed E-state index contributed by atoms with van der Waals surface area (Å²) in [6.07, 6.45) is 0.674. The summed E-state index contributed by atoms with van der Waals surface area (Å²) >= 11 is 5.70. The third-order valence-electron chi connectivity index (χ3n) is 1.83. The zero-order valence-electron chi connectivity index (χ0n) is 8.94. The van der Waals surface area contributed by atoms with Crippen LogP contribution in [-0.4, -0.2) is 21.0 Å². The van der Waals surface area contributed by atoms with Crippen LogP contribution in [0.3, 0.4) is 0 Å². The third kappa shape index (κ3) is 4.18. The molecular formula is C10H10Cl2O4S. The topological polar surface area (TPSA) is 60.4 Å². The summed E-state index contributed by atoms with van der Waals surface area (Å²) < 4.78 is 27.1. The second-order valence-corrected chi connectivity index (χ2v) is 6.25. The van der Waals surface area contributed by atoms with Gasteiger partial charge in [0.05, 0.1) is 17.1 Å². The second-order valence-electron chi connectivity index (χ2n) is 3.25. The molecule has 0 heterocycles. The van der Waals surface area contributed by atoms with Crippen molar-refractivity contribution >= 4 is 37.3 Å². The van der Waals surface area contributed by atoms with Crippen LogP contribution in [-0.2, 0) is 13.8 Å². The van der Waals surface area contributed by atoms with Crippen molar-refractivity contribution in [2.24, 2.45) is 0 Å². The van der Waals surface area contributed by atoms with Gasteiger partial charge in [-0.3, -0.25) is 0 Å². The molecule has 94 valence electrons. The van der Waals surface area contributed by atoms with Gasteiger partial charge in [-0.25, -0.2) is 13.2 Å². The van der Waals surface area contributed by atoms with Gasteiger partial charge in [-0.05, 0) is 24.6 Å². The van der Waals surface area contributed by atoms with E-state index in [-0.39, 0.29) is 22.1 Å². The van der Waals surface area contributed by atoms with Crippen LogP contribution >= 0.6 is 22.3 Å². The van der Waals surface area contributed by atoms with Crippen molar-refractivity contribution in [1.29, 1.82) is 0 Å². The summed E-state index contributed by atoms with van der Waals surface area (Å²) in [4.78, 5) is 11.3. The summed E-state index contributed by atoms with van der Waals surface area (Å²) in [7, 11) is 1.25. The molecule has 0 fully saturated rings. The molecule has 1 rings (SSSR count). The number of halogens is 2. The van der Waals surface area contributed by atoms with E-state index in [0.29, 0.717) is 6.42 Å². The minimum Gasteiger partial charge on any atom is -0.462 e. The lowest BCUT2D eigenvalue weighted by Gasteiger charge is -2.05. The number of carbonyl (C=O) groups is 1. The molecule has 1 aromatic carbocycles. The van der Waals surface area contributed by atoms with Gasteiger partial charge in [0.15, 0.2) is 0 Å². The Morgan fingerprint density at radius 1 is 1.35 bits per heavy atom. The maximum atomic E-state index is 11.5. The van der Waals surface area contributed by atoms with Crippen LogP contribution in [0, 0.1) is 0 Å². The number of ether oxygens (including phenoxy) is 1. The molecule has 0 aliphatic carbocycles. The van der Waals surface area contributed by atoms with Crippen LogP contribution in [0.25, 0.3) is 0 Å². The van der Waals surface area contributed by atoms with Gasteiger partial charge in [0.1, 0.15) is 0 Å². The fourth-order valence-corrected chi connectivity index (χ4v) is 2.20. The summed E-state index contributed by atoms with van der Waals surface area (Å²) in [5.41, 5.74) is 0.0603. The van der Waals surface area contributed by atoms with E-state index in [1.54, 1.807) is 0 Å². The summed E-state index contributed by atoms with van der Waals surface area (Å²) in [6, 6.07) is 3.62. The number of benzene rings is 1. The maximum Gasteiger partial charge on any atom is 0.338 e. The van der Waals surface area contributed by atoms with Gasteiger partial charge in [-0.1, -0.05) is 18.5 Å². The van der Waals surface area contributed by atoms with E-state index in [9.17, 15) is 13.2 Å². The van der Waals surface area contributed by atoms with Crippen molar-refractivity contribution < 1.29 is 17.9 Å². The Labute approximate surface area is 109 Å². The average Bonchev–Trinajstić information content (AvgIpc) is 2.23. The molecule has 0 aliphatic heterocycles. The van der Waals surface area contributed by atoms with Crippen LogP contribution in [0.2, 0.25) is 5.02 Å². The van der Waals surface area contributed by atoms with Crippen molar-refractivity contribution in [1.82, 2.24) is 0 Å². The van der Waals surface area contributed by atoms with Gasteiger partial charge < -0.3 is 4.74 Å². The Morgan fingerprint density at radius 3 is 2.53 bits per heavy atom. The SMILES string of the molecule is CCCOC(=O)c1cc(Cl)cc(S(=O)(=O)Cl)c1. The number of hydrogen-bond acceptors (Lipinski definition) is 4. The fourth-order valence-electron chi connectivity index (χ4n) is 1.10. The molecule has 0 aliphatic rings. The first-order valence-corrected chi connectivity index (χ1v) is 7.45. The molecule has 0 bridgehead atoms. The van der Waals surface area contributed by atoms with Crippen LogP contribution < -0.4 is 0 Å². The van der Waals surface area contributed by atoms with Crippen molar-refractivity contribution in [2.45, 2.75) is 18.2 Å².